The first-order valence-corrected chi connectivity index (χ1v) is 13.9. The standard InChI is InChI=1S/C23H24N4O4S3/c28-21(19-8-10-20(11-9-19)34(29,30)27-12-14-31-15-13-27)17-24-22-25-26-23(33-22)32-16-4-7-18-5-2-1-3-6-18/h1-11H,12-17H2,(H,24,25)/b7-4+. The molecule has 34 heavy (non-hydrogen) atoms. The number of ketones is 1. The molecule has 8 nitrogen and oxygen atoms in total. The van der Waals surface area contributed by atoms with Crippen molar-refractivity contribution < 1.29 is 17.9 Å². The molecular weight excluding hydrogens is 492 g/mol. The number of morpholine rings is 1. The second kappa shape index (κ2) is 11.7. The second-order valence-corrected chi connectivity index (χ2v) is 11.5. The van der Waals surface area contributed by atoms with Gasteiger partial charge in [0.15, 0.2) is 10.1 Å². The highest BCUT2D eigenvalue weighted by atomic mass is 32.2. The molecule has 0 aliphatic carbocycles. The fourth-order valence-electron chi connectivity index (χ4n) is 3.21. The minimum atomic E-state index is -3.58. The number of thioether (sulfide) groups is 1. The van der Waals surface area contributed by atoms with Crippen molar-refractivity contribution in [1.82, 2.24) is 14.5 Å². The van der Waals surface area contributed by atoms with Gasteiger partial charge in [-0.05, 0) is 29.8 Å². The normalized spacial score (nSPS) is 14.9. The van der Waals surface area contributed by atoms with Crippen molar-refractivity contribution in [3.8, 4) is 0 Å². The first-order valence-electron chi connectivity index (χ1n) is 10.7. The average molecular weight is 517 g/mol. The molecule has 0 amide bonds. The fraction of sp³-hybridized carbons (Fsp3) is 0.261. The van der Waals surface area contributed by atoms with Crippen molar-refractivity contribution in [2.24, 2.45) is 0 Å². The highest BCUT2D eigenvalue weighted by molar-refractivity contribution is 8.01. The van der Waals surface area contributed by atoms with Gasteiger partial charge in [0.05, 0.1) is 24.7 Å². The lowest BCUT2D eigenvalue weighted by Crippen LogP contribution is -2.40. The lowest BCUT2D eigenvalue weighted by atomic mass is 10.1. The van der Waals surface area contributed by atoms with E-state index in [1.165, 1.54) is 39.9 Å². The minimum Gasteiger partial charge on any atom is -0.379 e. The molecule has 11 heteroatoms. The van der Waals surface area contributed by atoms with E-state index >= 15 is 0 Å². The molecule has 0 spiro atoms. The third-order valence-electron chi connectivity index (χ3n) is 5.00. The Morgan fingerprint density at radius 1 is 1.09 bits per heavy atom. The number of ether oxygens (including phenoxy) is 1. The Morgan fingerprint density at radius 3 is 2.56 bits per heavy atom. The second-order valence-electron chi connectivity index (χ2n) is 7.31. The van der Waals surface area contributed by atoms with Gasteiger partial charge in [-0.3, -0.25) is 4.79 Å². The SMILES string of the molecule is O=C(CNc1nnc(SC/C=C/c2ccccc2)s1)c1ccc(S(=O)(=O)N2CCOCC2)cc1. The number of nitrogens with one attached hydrogen (secondary N) is 1. The number of aromatic nitrogens is 2. The van der Waals surface area contributed by atoms with Gasteiger partial charge in [0.1, 0.15) is 0 Å². The van der Waals surface area contributed by atoms with Crippen LogP contribution >= 0.6 is 23.1 Å². The van der Waals surface area contributed by atoms with Crippen molar-refractivity contribution in [3.05, 3.63) is 71.8 Å². The van der Waals surface area contributed by atoms with Gasteiger partial charge in [0.25, 0.3) is 0 Å². The summed E-state index contributed by atoms with van der Waals surface area (Å²) in [6.07, 6.45) is 4.13. The highest BCUT2D eigenvalue weighted by Gasteiger charge is 2.26. The number of rotatable bonds is 10. The molecule has 0 unspecified atom stereocenters. The Labute approximate surface area is 207 Å². The van der Waals surface area contributed by atoms with Crippen LogP contribution in [0.2, 0.25) is 0 Å². The summed E-state index contributed by atoms with van der Waals surface area (Å²) in [6.45, 7) is 1.48. The molecule has 4 rings (SSSR count). The smallest absolute Gasteiger partial charge is 0.243 e. The van der Waals surface area contributed by atoms with E-state index in [1.54, 1.807) is 11.8 Å². The van der Waals surface area contributed by atoms with E-state index in [0.717, 1.165) is 15.7 Å². The van der Waals surface area contributed by atoms with Gasteiger partial charge >= 0.3 is 0 Å². The topological polar surface area (TPSA) is 101 Å². The number of benzene rings is 2. The summed E-state index contributed by atoms with van der Waals surface area (Å²) in [5.74, 6) is 0.604. The lowest BCUT2D eigenvalue weighted by Gasteiger charge is -2.26. The molecule has 1 N–H and O–H groups in total. The number of Topliss-reactive ketones (excluding diaryl/α,β-unsaturated/α-hetero) is 1. The first kappa shape index (κ1) is 24.6. The summed E-state index contributed by atoms with van der Waals surface area (Å²) in [7, 11) is -3.58. The van der Waals surface area contributed by atoms with Gasteiger partial charge in [0.2, 0.25) is 15.2 Å². The van der Waals surface area contributed by atoms with Gasteiger partial charge in [-0.25, -0.2) is 8.42 Å². The molecule has 1 aliphatic heterocycles. The molecule has 1 aromatic heterocycles. The molecule has 2 aromatic carbocycles. The molecule has 1 fully saturated rings. The van der Waals surface area contributed by atoms with Crippen LogP contribution in [0.1, 0.15) is 15.9 Å². The number of carbonyl (C=O) groups excluding carboxylic acids is 1. The Balaban J connectivity index is 1.26. The van der Waals surface area contributed by atoms with Gasteiger partial charge in [0, 0.05) is 24.4 Å². The zero-order valence-corrected chi connectivity index (χ0v) is 20.7. The van der Waals surface area contributed by atoms with Crippen molar-refractivity contribution >= 4 is 50.1 Å². The van der Waals surface area contributed by atoms with Crippen LogP contribution in [-0.4, -0.2) is 67.3 Å². The summed E-state index contributed by atoms with van der Waals surface area (Å²) in [6, 6.07) is 16.1. The third kappa shape index (κ3) is 6.51. The molecule has 0 radical (unpaired) electrons. The molecular formula is C23H24N4O4S3. The number of hydrogen-bond acceptors (Lipinski definition) is 9. The van der Waals surface area contributed by atoms with Crippen LogP contribution in [-0.2, 0) is 14.8 Å². The predicted molar refractivity (Wildman–Crippen MR) is 135 cm³/mol. The van der Waals surface area contributed by atoms with Gasteiger partial charge in [-0.2, -0.15) is 4.31 Å². The summed E-state index contributed by atoms with van der Waals surface area (Å²) < 4.78 is 32.8. The highest BCUT2D eigenvalue weighted by Crippen LogP contribution is 2.25. The minimum absolute atomic E-state index is 0.0444. The van der Waals surface area contributed by atoms with Crippen LogP contribution in [0.15, 0.2) is 69.9 Å². The summed E-state index contributed by atoms with van der Waals surface area (Å²) in [5.41, 5.74) is 1.58. The number of sulfonamides is 1. The number of anilines is 1. The summed E-state index contributed by atoms with van der Waals surface area (Å²) in [4.78, 5) is 12.7. The van der Waals surface area contributed by atoms with Crippen LogP contribution in [0.3, 0.4) is 0 Å². The Bertz CT molecular complexity index is 1220. The van der Waals surface area contributed by atoms with E-state index in [-0.39, 0.29) is 17.2 Å². The maximum absolute atomic E-state index is 12.7. The fourth-order valence-corrected chi connectivity index (χ4v) is 6.21. The molecule has 0 saturated carbocycles. The molecule has 1 aliphatic rings. The van der Waals surface area contributed by atoms with E-state index in [2.05, 4.69) is 27.7 Å². The van der Waals surface area contributed by atoms with E-state index < -0.39 is 10.0 Å². The first-order chi connectivity index (χ1) is 16.5. The zero-order valence-electron chi connectivity index (χ0n) is 18.3. The number of carbonyl (C=O) groups is 1. The molecule has 0 atom stereocenters. The predicted octanol–water partition coefficient (Wildman–Crippen LogP) is 3.66. The average Bonchev–Trinajstić information content (AvgIpc) is 3.34. The molecule has 0 bridgehead atoms. The van der Waals surface area contributed by atoms with Gasteiger partial charge in [-0.1, -0.05) is 65.6 Å². The molecule has 3 aromatic rings. The maximum atomic E-state index is 12.7. The van der Waals surface area contributed by atoms with E-state index in [1.807, 2.05) is 30.3 Å². The molecule has 178 valence electrons. The monoisotopic (exact) mass is 516 g/mol. The van der Waals surface area contributed by atoms with Crippen molar-refractivity contribution in [1.29, 1.82) is 0 Å². The Morgan fingerprint density at radius 2 is 1.82 bits per heavy atom. The van der Waals surface area contributed by atoms with Crippen LogP contribution in [0.25, 0.3) is 6.08 Å². The maximum Gasteiger partial charge on any atom is 0.243 e. The number of nitrogens with zero attached hydrogens (tertiary/aromatic N) is 3. The number of hydrogen-bond donors (Lipinski definition) is 1. The van der Waals surface area contributed by atoms with Crippen LogP contribution < -0.4 is 5.32 Å². The van der Waals surface area contributed by atoms with Crippen LogP contribution in [0.5, 0.6) is 0 Å². The van der Waals surface area contributed by atoms with Crippen molar-refractivity contribution in [2.75, 3.05) is 43.9 Å². The Kier molecular flexibility index (Phi) is 8.46. The third-order valence-corrected chi connectivity index (χ3v) is 8.88. The lowest BCUT2D eigenvalue weighted by molar-refractivity contribution is 0.0730. The van der Waals surface area contributed by atoms with Crippen molar-refractivity contribution in [2.45, 2.75) is 9.24 Å². The van der Waals surface area contributed by atoms with Crippen molar-refractivity contribution in [3.63, 3.8) is 0 Å². The largest absolute Gasteiger partial charge is 0.379 e. The van der Waals surface area contributed by atoms with Crippen LogP contribution in [0.4, 0.5) is 5.13 Å². The Hall–Kier alpha value is -2.57. The summed E-state index contributed by atoms with van der Waals surface area (Å²) in [5, 5.41) is 11.8. The zero-order chi connectivity index (χ0) is 23.8. The molecule has 2 heterocycles. The quantitative estimate of drug-likeness (QED) is 0.322. The van der Waals surface area contributed by atoms with E-state index in [9.17, 15) is 13.2 Å². The van der Waals surface area contributed by atoms with E-state index in [4.69, 9.17) is 4.74 Å². The van der Waals surface area contributed by atoms with Gasteiger partial charge < -0.3 is 10.1 Å². The van der Waals surface area contributed by atoms with Gasteiger partial charge in [-0.15, -0.1) is 10.2 Å². The van der Waals surface area contributed by atoms with E-state index in [0.29, 0.717) is 37.0 Å². The van der Waals surface area contributed by atoms with Crippen LogP contribution in [0, 0.1) is 0 Å². The summed E-state index contributed by atoms with van der Waals surface area (Å²) >= 11 is 2.96. The molecule has 1 saturated heterocycles.